The number of carbonyl (C=O) groups is 2. The van der Waals surface area contributed by atoms with Crippen LogP contribution in [0.2, 0.25) is 10.0 Å². The zero-order valence-electron chi connectivity index (χ0n) is 21.7. The lowest BCUT2D eigenvalue weighted by molar-refractivity contribution is -0.138. The minimum atomic E-state index is -1.27. The monoisotopic (exact) mass is 593 g/mol. The number of benzene rings is 3. The Bertz CT molecular complexity index is 1600. The average Bonchev–Trinajstić information content (AvgIpc) is 3.52. The Morgan fingerprint density at radius 2 is 1.85 bits per heavy atom. The maximum absolute atomic E-state index is 15.0. The molecule has 3 aromatic rings. The molecule has 4 aliphatic rings. The summed E-state index contributed by atoms with van der Waals surface area (Å²) in [6.45, 7) is 1.13. The molecule has 2 amide bonds. The van der Waals surface area contributed by atoms with Crippen molar-refractivity contribution in [2.75, 3.05) is 44.3 Å². The fourth-order valence-corrected chi connectivity index (χ4v) is 8.95. The van der Waals surface area contributed by atoms with Crippen LogP contribution in [0.1, 0.15) is 17.0 Å². The second-order valence-electron chi connectivity index (χ2n) is 10.3. The molecule has 3 aromatic carbocycles. The number of hydrogen-bond acceptors (Lipinski definition) is 7. The van der Waals surface area contributed by atoms with Crippen LogP contribution in [0.3, 0.4) is 0 Å². The van der Waals surface area contributed by atoms with Crippen molar-refractivity contribution in [2.45, 2.75) is 16.2 Å². The quantitative estimate of drug-likeness (QED) is 0.461. The van der Waals surface area contributed by atoms with E-state index in [-0.39, 0.29) is 11.8 Å². The Hall–Kier alpha value is -3.24. The first-order chi connectivity index (χ1) is 19.3. The standard InChI is InChI=1S/C29H25Cl2N5O3S/c1-34-14-22(20-12-7-17(30)13-23(20)31)29(28(34)21-5-3-4-6-24(21)33-25(28)37)26(38)36-16-35(15-32-27(36)40-29)18-8-10-19(39-2)11-9-18/h3-13,22H,14-16H2,1-2H3,(H,33,37). The van der Waals surface area contributed by atoms with Gasteiger partial charge in [-0.15, -0.1) is 0 Å². The number of halogens is 2. The molecule has 4 aliphatic heterocycles. The minimum absolute atomic E-state index is 0.165. The van der Waals surface area contributed by atoms with Crippen LogP contribution in [-0.4, -0.2) is 65.6 Å². The number of methoxy groups -OCH3 is 1. The van der Waals surface area contributed by atoms with Crippen molar-refractivity contribution < 1.29 is 14.3 Å². The molecule has 11 heteroatoms. The summed E-state index contributed by atoms with van der Waals surface area (Å²) < 4.78 is 4.04. The Labute approximate surface area is 245 Å². The van der Waals surface area contributed by atoms with Gasteiger partial charge in [0, 0.05) is 39.4 Å². The number of aliphatic imine (C=N–C) groups is 1. The average molecular weight is 595 g/mol. The Balaban J connectivity index is 1.39. The van der Waals surface area contributed by atoms with Crippen LogP contribution in [0.4, 0.5) is 11.4 Å². The van der Waals surface area contributed by atoms with Gasteiger partial charge in [-0.05, 0) is 55.1 Å². The predicted octanol–water partition coefficient (Wildman–Crippen LogP) is 4.98. The Kier molecular flexibility index (Phi) is 5.87. The molecular weight excluding hydrogens is 569 g/mol. The second kappa shape index (κ2) is 9.14. The highest BCUT2D eigenvalue weighted by Crippen LogP contribution is 2.66. The Morgan fingerprint density at radius 3 is 2.60 bits per heavy atom. The molecule has 40 heavy (non-hydrogen) atoms. The van der Waals surface area contributed by atoms with Gasteiger partial charge in [-0.3, -0.25) is 19.4 Å². The number of ether oxygens (including phenoxy) is 1. The molecule has 2 fully saturated rings. The van der Waals surface area contributed by atoms with E-state index in [9.17, 15) is 9.59 Å². The summed E-state index contributed by atoms with van der Waals surface area (Å²) in [7, 11) is 3.53. The molecule has 0 aliphatic carbocycles. The zero-order chi connectivity index (χ0) is 27.8. The maximum Gasteiger partial charge on any atom is 0.251 e. The number of amides is 2. The molecule has 2 saturated heterocycles. The van der Waals surface area contributed by atoms with E-state index in [2.05, 4.69) is 5.32 Å². The summed E-state index contributed by atoms with van der Waals surface area (Å²) in [5.41, 5.74) is 1.91. The Morgan fingerprint density at radius 1 is 1.07 bits per heavy atom. The highest BCUT2D eigenvalue weighted by atomic mass is 35.5. The fourth-order valence-electron chi connectivity index (χ4n) is 6.71. The lowest BCUT2D eigenvalue weighted by atomic mass is 9.72. The topological polar surface area (TPSA) is 77.5 Å². The van der Waals surface area contributed by atoms with Crippen LogP contribution in [0, 0.1) is 0 Å². The van der Waals surface area contributed by atoms with E-state index in [1.165, 1.54) is 11.8 Å². The van der Waals surface area contributed by atoms with Crippen LogP contribution in [0.5, 0.6) is 5.75 Å². The molecule has 0 aromatic heterocycles. The van der Waals surface area contributed by atoms with Gasteiger partial charge in [-0.2, -0.15) is 0 Å². The summed E-state index contributed by atoms with van der Waals surface area (Å²) in [5, 5.41) is 4.66. The van der Waals surface area contributed by atoms with E-state index in [0.717, 1.165) is 22.6 Å². The number of para-hydroxylation sites is 1. The van der Waals surface area contributed by atoms with Gasteiger partial charge in [0.1, 0.15) is 23.8 Å². The largest absolute Gasteiger partial charge is 0.497 e. The van der Waals surface area contributed by atoms with Crippen LogP contribution in [-0.2, 0) is 15.1 Å². The number of likely N-dealkylation sites (N-methyl/N-ethyl adjacent to an activating group) is 1. The van der Waals surface area contributed by atoms with Crippen LogP contribution in [0.15, 0.2) is 71.7 Å². The zero-order valence-corrected chi connectivity index (χ0v) is 24.1. The number of carbonyl (C=O) groups excluding carboxylic acids is 2. The van der Waals surface area contributed by atoms with Gasteiger partial charge in [0.2, 0.25) is 5.91 Å². The molecule has 4 heterocycles. The third-order valence-corrected chi connectivity index (χ3v) is 10.6. The number of likely N-dealkylation sites (tertiary alicyclic amines) is 1. The molecule has 1 N–H and O–H groups in total. The molecule has 204 valence electrons. The highest BCUT2D eigenvalue weighted by Gasteiger charge is 2.78. The van der Waals surface area contributed by atoms with Gasteiger partial charge in [-0.1, -0.05) is 59.2 Å². The van der Waals surface area contributed by atoms with E-state index in [0.29, 0.717) is 40.8 Å². The van der Waals surface area contributed by atoms with E-state index >= 15 is 0 Å². The first kappa shape index (κ1) is 25.7. The van der Waals surface area contributed by atoms with Crippen molar-refractivity contribution in [3.8, 4) is 5.75 Å². The van der Waals surface area contributed by atoms with E-state index in [1.807, 2.05) is 71.4 Å². The summed E-state index contributed by atoms with van der Waals surface area (Å²) in [6.07, 6.45) is 0. The van der Waals surface area contributed by atoms with E-state index < -0.39 is 16.2 Å². The van der Waals surface area contributed by atoms with Gasteiger partial charge in [-0.25, -0.2) is 4.99 Å². The molecule has 0 bridgehead atoms. The summed E-state index contributed by atoms with van der Waals surface area (Å²) >= 11 is 14.4. The number of nitrogens with one attached hydrogen (secondary N) is 1. The van der Waals surface area contributed by atoms with Crippen molar-refractivity contribution in [1.29, 1.82) is 0 Å². The molecule has 8 nitrogen and oxygen atoms in total. The van der Waals surface area contributed by atoms with Gasteiger partial charge in [0.15, 0.2) is 10.7 Å². The normalized spacial score (nSPS) is 27.3. The molecule has 2 spiro atoms. The van der Waals surface area contributed by atoms with Crippen molar-refractivity contribution >= 4 is 63.3 Å². The van der Waals surface area contributed by atoms with E-state index in [1.54, 1.807) is 24.1 Å². The van der Waals surface area contributed by atoms with Crippen molar-refractivity contribution in [2.24, 2.45) is 4.99 Å². The van der Waals surface area contributed by atoms with Crippen LogP contribution < -0.4 is 15.0 Å². The smallest absolute Gasteiger partial charge is 0.251 e. The van der Waals surface area contributed by atoms with Crippen LogP contribution >= 0.6 is 35.0 Å². The third-order valence-electron chi connectivity index (χ3n) is 8.46. The first-order valence-electron chi connectivity index (χ1n) is 12.8. The van der Waals surface area contributed by atoms with Crippen molar-refractivity contribution in [3.63, 3.8) is 0 Å². The maximum atomic E-state index is 15.0. The van der Waals surface area contributed by atoms with Crippen molar-refractivity contribution in [1.82, 2.24) is 9.80 Å². The van der Waals surface area contributed by atoms with Gasteiger partial charge in [0.05, 0.1) is 7.11 Å². The van der Waals surface area contributed by atoms with E-state index in [4.69, 9.17) is 32.9 Å². The minimum Gasteiger partial charge on any atom is -0.497 e. The lowest BCUT2D eigenvalue weighted by Gasteiger charge is -2.42. The van der Waals surface area contributed by atoms with Gasteiger partial charge in [0.25, 0.3) is 5.91 Å². The summed E-state index contributed by atoms with van der Waals surface area (Å²) in [4.78, 5) is 39.8. The summed E-state index contributed by atoms with van der Waals surface area (Å²) in [5.74, 6) is -0.0561. The number of anilines is 2. The predicted molar refractivity (Wildman–Crippen MR) is 158 cm³/mol. The van der Waals surface area contributed by atoms with Crippen LogP contribution in [0.25, 0.3) is 0 Å². The number of thioether (sulfide) groups is 1. The lowest BCUT2D eigenvalue weighted by Crippen LogP contribution is -2.62. The number of amidine groups is 1. The summed E-state index contributed by atoms with van der Waals surface area (Å²) in [6, 6.07) is 20.6. The first-order valence-corrected chi connectivity index (χ1v) is 14.4. The molecular formula is C29H25Cl2N5O3S. The molecule has 3 atom stereocenters. The number of rotatable bonds is 3. The SMILES string of the molecule is COc1ccc(N2CN=C3SC4(C(=O)N3C2)C(c2ccc(Cl)cc2Cl)CN(C)C42C(=O)Nc3ccccc32)cc1. The van der Waals surface area contributed by atoms with Gasteiger partial charge < -0.3 is 15.0 Å². The number of hydrogen-bond donors (Lipinski definition) is 1. The molecule has 0 radical (unpaired) electrons. The third kappa shape index (κ3) is 3.29. The highest BCUT2D eigenvalue weighted by molar-refractivity contribution is 8.16. The van der Waals surface area contributed by atoms with Crippen molar-refractivity contribution in [3.05, 3.63) is 87.9 Å². The number of fused-ring (bicyclic) bond motifs is 4. The van der Waals surface area contributed by atoms with Gasteiger partial charge >= 0.3 is 0 Å². The number of nitrogens with zero attached hydrogens (tertiary/aromatic N) is 4. The molecule has 0 saturated carbocycles. The molecule has 7 rings (SSSR count). The second-order valence-corrected chi connectivity index (χ2v) is 12.4. The fraction of sp³-hybridized carbons (Fsp3) is 0.276. The molecule has 3 unspecified atom stereocenters.